The van der Waals surface area contributed by atoms with Crippen LogP contribution in [0.15, 0.2) is 30.3 Å². The van der Waals surface area contributed by atoms with Crippen LogP contribution < -0.4 is 5.73 Å². The molecular weight excluding hydrogens is 332 g/mol. The number of carbonyl (C=O) groups is 3. The second-order valence-electron chi connectivity index (χ2n) is 5.49. The zero-order valence-corrected chi connectivity index (χ0v) is 13.9. The lowest BCUT2D eigenvalue weighted by molar-refractivity contribution is -0.151. The molecule has 24 heavy (non-hydrogen) atoms. The number of nitrogens with two attached hydrogens (primary N) is 1. The Bertz CT molecular complexity index is 642. The van der Waals surface area contributed by atoms with Gasteiger partial charge < -0.3 is 15.4 Å². The van der Waals surface area contributed by atoms with Crippen molar-refractivity contribution in [2.45, 2.75) is 25.3 Å². The maximum atomic E-state index is 12.1. The van der Waals surface area contributed by atoms with E-state index in [0.717, 1.165) is 18.4 Å². The van der Waals surface area contributed by atoms with Crippen molar-refractivity contribution >= 4 is 35.5 Å². The summed E-state index contributed by atoms with van der Waals surface area (Å²) in [6.07, 6.45) is 5.00. The molecule has 2 amide bonds. The normalized spacial score (nSPS) is 17.7. The van der Waals surface area contributed by atoms with E-state index in [-0.39, 0.29) is 0 Å². The molecule has 1 fully saturated rings. The Morgan fingerprint density at radius 1 is 1.25 bits per heavy atom. The Kier molecular flexibility index (Phi) is 6.37. The molecule has 0 aliphatic carbocycles. The maximum Gasteiger partial charge on any atom is 0.331 e. The van der Waals surface area contributed by atoms with Gasteiger partial charge in [0.15, 0.2) is 6.61 Å². The molecule has 2 N–H and O–H groups in total. The van der Waals surface area contributed by atoms with Crippen LogP contribution in [0.3, 0.4) is 0 Å². The van der Waals surface area contributed by atoms with E-state index in [1.165, 1.54) is 11.0 Å². The first kappa shape index (κ1) is 18.0. The summed E-state index contributed by atoms with van der Waals surface area (Å²) in [5.41, 5.74) is 6.10. The minimum Gasteiger partial charge on any atom is -0.452 e. The van der Waals surface area contributed by atoms with Crippen LogP contribution >= 0.6 is 11.6 Å². The average molecular weight is 351 g/mol. The first-order valence-electron chi connectivity index (χ1n) is 7.66. The van der Waals surface area contributed by atoms with Crippen LogP contribution in [0.4, 0.5) is 0 Å². The minimum atomic E-state index is -0.633. The molecule has 1 aliphatic rings. The Balaban J connectivity index is 1.85. The van der Waals surface area contributed by atoms with Crippen molar-refractivity contribution in [1.82, 2.24) is 4.90 Å². The van der Waals surface area contributed by atoms with Gasteiger partial charge in [-0.1, -0.05) is 23.7 Å². The first-order valence-corrected chi connectivity index (χ1v) is 8.04. The summed E-state index contributed by atoms with van der Waals surface area (Å²) >= 11 is 5.78. The fourth-order valence-corrected chi connectivity index (χ4v) is 2.65. The number of halogens is 1. The zero-order chi connectivity index (χ0) is 17.5. The smallest absolute Gasteiger partial charge is 0.331 e. The molecule has 6 nitrogen and oxygen atoms in total. The number of amides is 2. The van der Waals surface area contributed by atoms with E-state index in [1.54, 1.807) is 30.3 Å². The van der Waals surface area contributed by atoms with Gasteiger partial charge in [-0.3, -0.25) is 9.59 Å². The quantitative estimate of drug-likeness (QED) is 0.647. The molecule has 1 atom stereocenters. The van der Waals surface area contributed by atoms with E-state index in [9.17, 15) is 14.4 Å². The molecule has 0 aromatic heterocycles. The van der Waals surface area contributed by atoms with Gasteiger partial charge in [-0.25, -0.2) is 4.79 Å². The summed E-state index contributed by atoms with van der Waals surface area (Å²) in [7, 11) is 0. The number of likely N-dealkylation sites (tertiary alicyclic amines) is 1. The molecule has 7 heteroatoms. The first-order chi connectivity index (χ1) is 11.5. The van der Waals surface area contributed by atoms with Crippen molar-refractivity contribution in [1.29, 1.82) is 0 Å². The number of primary amides is 1. The third-order valence-corrected chi connectivity index (χ3v) is 4.02. The standard InChI is InChI=1S/C17H19ClN2O4/c18-13-7-4-12(5-8-13)6-9-16(22)24-11-15(21)20-10-2-1-3-14(20)17(19)23/h4-9,14H,1-3,10-11H2,(H2,19,23)/b9-6+/t14-/m1/s1. The molecule has 1 saturated heterocycles. The number of hydrogen-bond acceptors (Lipinski definition) is 4. The van der Waals surface area contributed by atoms with Crippen LogP contribution in [0.2, 0.25) is 5.02 Å². The third kappa shape index (κ3) is 5.09. The molecule has 1 heterocycles. The highest BCUT2D eigenvalue weighted by molar-refractivity contribution is 6.30. The molecule has 1 aliphatic heterocycles. The van der Waals surface area contributed by atoms with Crippen molar-refractivity contribution in [3.05, 3.63) is 40.9 Å². The lowest BCUT2D eigenvalue weighted by atomic mass is 10.0. The van der Waals surface area contributed by atoms with Gasteiger partial charge in [-0.2, -0.15) is 0 Å². The Labute approximate surface area is 145 Å². The summed E-state index contributed by atoms with van der Waals surface area (Å²) in [6.45, 7) is 0.0399. The Morgan fingerprint density at radius 2 is 1.96 bits per heavy atom. The predicted molar refractivity (Wildman–Crippen MR) is 90.0 cm³/mol. The molecular formula is C17H19ClN2O4. The number of esters is 1. The van der Waals surface area contributed by atoms with Gasteiger partial charge >= 0.3 is 5.97 Å². The van der Waals surface area contributed by atoms with Gasteiger partial charge in [-0.05, 0) is 43.0 Å². The van der Waals surface area contributed by atoms with Crippen molar-refractivity contribution in [3.63, 3.8) is 0 Å². The van der Waals surface area contributed by atoms with E-state index < -0.39 is 30.4 Å². The van der Waals surface area contributed by atoms with Crippen molar-refractivity contribution in [3.8, 4) is 0 Å². The highest BCUT2D eigenvalue weighted by atomic mass is 35.5. The van der Waals surface area contributed by atoms with E-state index in [4.69, 9.17) is 22.1 Å². The molecule has 1 aromatic carbocycles. The maximum absolute atomic E-state index is 12.1. The van der Waals surface area contributed by atoms with Crippen LogP contribution in [0.5, 0.6) is 0 Å². The highest BCUT2D eigenvalue weighted by Gasteiger charge is 2.30. The molecule has 0 saturated carbocycles. The number of benzene rings is 1. The van der Waals surface area contributed by atoms with Crippen LogP contribution in [-0.4, -0.2) is 41.9 Å². The van der Waals surface area contributed by atoms with Crippen molar-refractivity contribution in [2.24, 2.45) is 5.73 Å². The molecule has 128 valence electrons. The predicted octanol–water partition coefficient (Wildman–Crippen LogP) is 1.76. The average Bonchev–Trinajstić information content (AvgIpc) is 2.59. The molecule has 1 aromatic rings. The Morgan fingerprint density at radius 3 is 2.62 bits per heavy atom. The number of hydrogen-bond donors (Lipinski definition) is 1. The lowest BCUT2D eigenvalue weighted by Gasteiger charge is -2.33. The molecule has 0 unspecified atom stereocenters. The highest BCUT2D eigenvalue weighted by Crippen LogP contribution is 2.17. The minimum absolute atomic E-state index is 0.409. The topological polar surface area (TPSA) is 89.7 Å². The fourth-order valence-electron chi connectivity index (χ4n) is 2.53. The van der Waals surface area contributed by atoms with E-state index in [0.29, 0.717) is 18.0 Å². The number of nitrogens with zero attached hydrogens (tertiary/aromatic N) is 1. The second-order valence-corrected chi connectivity index (χ2v) is 5.93. The number of ether oxygens (including phenoxy) is 1. The van der Waals surface area contributed by atoms with Crippen molar-refractivity contribution in [2.75, 3.05) is 13.2 Å². The number of piperidine rings is 1. The fraction of sp³-hybridized carbons (Fsp3) is 0.353. The second kappa shape index (κ2) is 8.49. The van der Waals surface area contributed by atoms with Crippen LogP contribution in [0.1, 0.15) is 24.8 Å². The number of carbonyl (C=O) groups excluding carboxylic acids is 3. The van der Waals surface area contributed by atoms with Gasteiger partial charge in [-0.15, -0.1) is 0 Å². The molecule has 2 rings (SSSR count). The third-order valence-electron chi connectivity index (χ3n) is 3.77. The van der Waals surface area contributed by atoms with Gasteiger partial charge in [0, 0.05) is 17.6 Å². The molecule has 0 bridgehead atoms. The van der Waals surface area contributed by atoms with Gasteiger partial charge in [0.1, 0.15) is 6.04 Å². The lowest BCUT2D eigenvalue weighted by Crippen LogP contribution is -2.51. The summed E-state index contributed by atoms with van der Waals surface area (Å²) in [5.74, 6) is -1.57. The monoisotopic (exact) mass is 350 g/mol. The number of rotatable bonds is 5. The summed E-state index contributed by atoms with van der Waals surface area (Å²) in [6, 6.07) is 6.30. The summed E-state index contributed by atoms with van der Waals surface area (Å²) < 4.78 is 4.94. The largest absolute Gasteiger partial charge is 0.452 e. The zero-order valence-electron chi connectivity index (χ0n) is 13.1. The van der Waals surface area contributed by atoms with Gasteiger partial charge in [0.25, 0.3) is 5.91 Å². The van der Waals surface area contributed by atoms with Crippen molar-refractivity contribution < 1.29 is 19.1 Å². The van der Waals surface area contributed by atoms with Crippen LogP contribution in [0, 0.1) is 0 Å². The summed E-state index contributed by atoms with van der Waals surface area (Å²) in [4.78, 5) is 36.6. The Hall–Kier alpha value is -2.34. The van der Waals surface area contributed by atoms with Crippen LogP contribution in [-0.2, 0) is 19.1 Å². The van der Waals surface area contributed by atoms with Gasteiger partial charge in [0.2, 0.25) is 5.91 Å². The van der Waals surface area contributed by atoms with E-state index in [2.05, 4.69) is 0 Å². The van der Waals surface area contributed by atoms with E-state index in [1.807, 2.05) is 0 Å². The molecule has 0 radical (unpaired) electrons. The molecule has 0 spiro atoms. The van der Waals surface area contributed by atoms with E-state index >= 15 is 0 Å². The SMILES string of the molecule is NC(=O)[C@H]1CCCCN1C(=O)COC(=O)/C=C/c1ccc(Cl)cc1. The summed E-state index contributed by atoms with van der Waals surface area (Å²) in [5, 5.41) is 0.603. The van der Waals surface area contributed by atoms with Crippen LogP contribution in [0.25, 0.3) is 6.08 Å². The van der Waals surface area contributed by atoms with Gasteiger partial charge in [0.05, 0.1) is 0 Å².